The lowest BCUT2D eigenvalue weighted by molar-refractivity contribution is -0.887. The molecule has 2 N–H and O–H groups in total. The van der Waals surface area contributed by atoms with Crippen molar-refractivity contribution in [2.75, 3.05) is 38.2 Å². The molecule has 1 saturated heterocycles. The fraction of sp³-hybridized carbons (Fsp3) is 0.682. The predicted octanol–water partition coefficient (Wildman–Crippen LogP) is 4.04. The van der Waals surface area contributed by atoms with Crippen molar-refractivity contribution in [3.05, 3.63) is 24.3 Å². The number of ether oxygens (including phenoxy) is 2. The SMILES string of the molecule is CCCCCCCCCOc1cccc(NC(=O)OCC[NH+]2CCCC2)c1. The molecule has 5 heteroatoms. The highest BCUT2D eigenvalue weighted by Crippen LogP contribution is 2.18. The van der Waals surface area contributed by atoms with E-state index in [9.17, 15) is 4.79 Å². The number of hydrogen-bond acceptors (Lipinski definition) is 3. The zero-order valence-electron chi connectivity index (χ0n) is 16.9. The molecule has 0 atom stereocenters. The molecule has 0 aromatic heterocycles. The maximum absolute atomic E-state index is 11.9. The molecule has 1 aliphatic heterocycles. The Balaban J connectivity index is 1.57. The summed E-state index contributed by atoms with van der Waals surface area (Å²) in [6.45, 7) is 6.73. The van der Waals surface area contributed by atoms with Gasteiger partial charge < -0.3 is 14.4 Å². The third kappa shape index (κ3) is 9.66. The number of carbonyl (C=O) groups is 1. The summed E-state index contributed by atoms with van der Waals surface area (Å²) >= 11 is 0. The van der Waals surface area contributed by atoms with Crippen molar-refractivity contribution >= 4 is 11.8 Å². The van der Waals surface area contributed by atoms with Crippen molar-refractivity contribution in [3.63, 3.8) is 0 Å². The molecule has 1 fully saturated rings. The number of anilines is 1. The van der Waals surface area contributed by atoms with Gasteiger partial charge in [0.25, 0.3) is 0 Å². The van der Waals surface area contributed by atoms with E-state index in [0.29, 0.717) is 12.3 Å². The molecule has 0 bridgehead atoms. The lowest BCUT2D eigenvalue weighted by atomic mass is 10.1. The van der Waals surface area contributed by atoms with Crippen LogP contribution in [-0.4, -0.2) is 38.9 Å². The Morgan fingerprint density at radius 2 is 1.78 bits per heavy atom. The van der Waals surface area contributed by atoms with E-state index in [4.69, 9.17) is 9.47 Å². The molecule has 0 radical (unpaired) electrons. The number of unbranched alkanes of at least 4 members (excludes halogenated alkanes) is 6. The summed E-state index contributed by atoms with van der Waals surface area (Å²) in [6, 6.07) is 7.53. The molecule has 1 amide bonds. The average Bonchev–Trinajstić information content (AvgIpc) is 3.18. The maximum Gasteiger partial charge on any atom is 0.411 e. The van der Waals surface area contributed by atoms with Gasteiger partial charge in [0, 0.05) is 24.6 Å². The van der Waals surface area contributed by atoms with Crippen LogP contribution in [0.2, 0.25) is 0 Å². The molecular formula is C22H37N2O3+. The highest BCUT2D eigenvalue weighted by atomic mass is 16.5. The van der Waals surface area contributed by atoms with Gasteiger partial charge in [0.1, 0.15) is 18.9 Å². The fourth-order valence-electron chi connectivity index (χ4n) is 3.48. The summed E-state index contributed by atoms with van der Waals surface area (Å²) in [5.41, 5.74) is 0.714. The van der Waals surface area contributed by atoms with Crippen LogP contribution in [0.1, 0.15) is 64.7 Å². The number of quaternary nitrogens is 1. The first-order chi connectivity index (χ1) is 13.3. The minimum Gasteiger partial charge on any atom is -0.494 e. The first-order valence-corrected chi connectivity index (χ1v) is 10.8. The Morgan fingerprint density at radius 1 is 1.04 bits per heavy atom. The van der Waals surface area contributed by atoms with Crippen LogP contribution in [0.15, 0.2) is 24.3 Å². The van der Waals surface area contributed by atoms with Crippen LogP contribution in [0, 0.1) is 0 Å². The highest BCUT2D eigenvalue weighted by molar-refractivity contribution is 5.84. The molecule has 0 spiro atoms. The van der Waals surface area contributed by atoms with Crippen molar-refractivity contribution < 1.29 is 19.2 Å². The smallest absolute Gasteiger partial charge is 0.411 e. The van der Waals surface area contributed by atoms with E-state index in [0.717, 1.165) is 25.3 Å². The summed E-state index contributed by atoms with van der Waals surface area (Å²) in [5, 5.41) is 2.79. The van der Waals surface area contributed by atoms with Crippen molar-refractivity contribution in [2.45, 2.75) is 64.7 Å². The second-order valence-electron chi connectivity index (χ2n) is 7.47. The fourth-order valence-corrected chi connectivity index (χ4v) is 3.48. The van der Waals surface area contributed by atoms with E-state index in [1.165, 1.54) is 69.4 Å². The molecule has 0 aliphatic carbocycles. The molecule has 5 nitrogen and oxygen atoms in total. The Labute approximate surface area is 164 Å². The van der Waals surface area contributed by atoms with Crippen LogP contribution in [0.3, 0.4) is 0 Å². The van der Waals surface area contributed by atoms with E-state index < -0.39 is 6.09 Å². The summed E-state index contributed by atoms with van der Waals surface area (Å²) in [5.74, 6) is 0.792. The zero-order valence-corrected chi connectivity index (χ0v) is 16.9. The predicted molar refractivity (Wildman–Crippen MR) is 110 cm³/mol. The van der Waals surface area contributed by atoms with Gasteiger partial charge >= 0.3 is 6.09 Å². The van der Waals surface area contributed by atoms with Gasteiger partial charge in [0.05, 0.1) is 19.7 Å². The van der Waals surface area contributed by atoms with Crippen LogP contribution in [-0.2, 0) is 4.74 Å². The first-order valence-electron chi connectivity index (χ1n) is 10.8. The van der Waals surface area contributed by atoms with E-state index >= 15 is 0 Å². The number of carbonyl (C=O) groups excluding carboxylic acids is 1. The van der Waals surface area contributed by atoms with Gasteiger partial charge in [-0.05, 0) is 18.6 Å². The quantitative estimate of drug-likeness (QED) is 0.510. The van der Waals surface area contributed by atoms with E-state index in [2.05, 4.69) is 12.2 Å². The molecule has 0 saturated carbocycles. The number of amides is 1. The lowest BCUT2D eigenvalue weighted by Crippen LogP contribution is -3.10. The van der Waals surface area contributed by atoms with Crippen molar-refractivity contribution in [2.24, 2.45) is 0 Å². The topological polar surface area (TPSA) is 52.0 Å². The van der Waals surface area contributed by atoms with Gasteiger partial charge in [-0.3, -0.25) is 5.32 Å². The van der Waals surface area contributed by atoms with Gasteiger partial charge in [-0.1, -0.05) is 51.5 Å². The third-order valence-electron chi connectivity index (χ3n) is 5.10. The molecule has 1 aliphatic rings. The van der Waals surface area contributed by atoms with Crippen LogP contribution >= 0.6 is 0 Å². The standard InChI is InChI=1S/C22H36N2O3/c1-2-3-4-5-6-7-10-17-26-21-13-11-12-20(19-21)23-22(25)27-18-16-24-14-8-9-15-24/h11-13,19H,2-10,14-18H2,1H3,(H,23,25)/p+1. The van der Waals surface area contributed by atoms with Crippen LogP contribution < -0.4 is 15.0 Å². The summed E-state index contributed by atoms with van der Waals surface area (Å²) < 4.78 is 11.1. The number of nitrogens with one attached hydrogen (secondary N) is 2. The number of likely N-dealkylation sites (tertiary alicyclic amines) is 1. The molecular weight excluding hydrogens is 340 g/mol. The van der Waals surface area contributed by atoms with E-state index in [-0.39, 0.29) is 0 Å². The monoisotopic (exact) mass is 377 g/mol. The lowest BCUT2D eigenvalue weighted by Gasteiger charge is -2.13. The zero-order chi connectivity index (χ0) is 19.2. The van der Waals surface area contributed by atoms with Gasteiger partial charge in [0.2, 0.25) is 0 Å². The maximum atomic E-state index is 11.9. The molecule has 1 aromatic rings. The number of hydrogen-bond donors (Lipinski definition) is 2. The summed E-state index contributed by atoms with van der Waals surface area (Å²) in [4.78, 5) is 13.5. The Bertz CT molecular complexity index is 530. The summed E-state index contributed by atoms with van der Waals surface area (Å²) in [7, 11) is 0. The van der Waals surface area contributed by atoms with Gasteiger partial charge in [-0.15, -0.1) is 0 Å². The minimum atomic E-state index is -0.391. The van der Waals surface area contributed by atoms with Gasteiger partial charge in [0.15, 0.2) is 0 Å². The molecule has 1 heterocycles. The molecule has 0 unspecified atom stereocenters. The second kappa shape index (κ2) is 13.4. The number of benzene rings is 1. The molecule has 27 heavy (non-hydrogen) atoms. The minimum absolute atomic E-state index is 0.391. The Hall–Kier alpha value is -1.75. The second-order valence-corrected chi connectivity index (χ2v) is 7.47. The largest absolute Gasteiger partial charge is 0.494 e. The van der Waals surface area contributed by atoms with Crippen LogP contribution in [0.25, 0.3) is 0 Å². The van der Waals surface area contributed by atoms with Crippen LogP contribution in [0.4, 0.5) is 10.5 Å². The van der Waals surface area contributed by atoms with Gasteiger partial charge in [-0.2, -0.15) is 0 Å². The van der Waals surface area contributed by atoms with Crippen LogP contribution in [0.5, 0.6) is 5.75 Å². The first kappa shape index (κ1) is 21.5. The molecule has 1 aromatic carbocycles. The van der Waals surface area contributed by atoms with Gasteiger partial charge in [-0.25, -0.2) is 4.79 Å². The van der Waals surface area contributed by atoms with Crippen molar-refractivity contribution in [1.82, 2.24) is 0 Å². The molecule has 152 valence electrons. The normalized spacial score (nSPS) is 14.3. The van der Waals surface area contributed by atoms with Crippen molar-refractivity contribution in [1.29, 1.82) is 0 Å². The average molecular weight is 378 g/mol. The summed E-state index contributed by atoms with van der Waals surface area (Å²) in [6.07, 6.45) is 11.1. The van der Waals surface area contributed by atoms with E-state index in [1.54, 1.807) is 0 Å². The Kier molecular flexibility index (Phi) is 10.7. The van der Waals surface area contributed by atoms with E-state index in [1.807, 2.05) is 24.3 Å². The Morgan fingerprint density at radius 3 is 2.56 bits per heavy atom. The molecule has 2 rings (SSSR count). The third-order valence-corrected chi connectivity index (χ3v) is 5.10. The van der Waals surface area contributed by atoms with Crippen molar-refractivity contribution in [3.8, 4) is 5.75 Å². The number of rotatable bonds is 13. The highest BCUT2D eigenvalue weighted by Gasteiger charge is 2.15.